The fourth-order valence-electron chi connectivity index (χ4n) is 2.02. The molecule has 0 saturated carbocycles. The summed E-state index contributed by atoms with van der Waals surface area (Å²) in [6.45, 7) is 0. The molecule has 0 unspecified atom stereocenters. The van der Waals surface area contributed by atoms with Crippen LogP contribution in [0.5, 0.6) is 0 Å². The summed E-state index contributed by atoms with van der Waals surface area (Å²) in [5.74, 6) is -2.31. The number of H-pyrrole nitrogens is 1. The van der Waals surface area contributed by atoms with Crippen molar-refractivity contribution in [3.05, 3.63) is 60.3 Å². The first-order chi connectivity index (χ1) is 9.97. The summed E-state index contributed by atoms with van der Waals surface area (Å²) in [5, 5.41) is 0.684. The first-order valence-electron chi connectivity index (χ1n) is 6.01. The van der Waals surface area contributed by atoms with Crippen LogP contribution in [0.4, 0.5) is 14.5 Å². The first-order valence-corrected chi connectivity index (χ1v) is 7.50. The lowest BCUT2D eigenvalue weighted by Crippen LogP contribution is -2.13. The molecule has 4 nitrogen and oxygen atoms in total. The lowest BCUT2D eigenvalue weighted by molar-refractivity contribution is 0.504. The van der Waals surface area contributed by atoms with Crippen LogP contribution >= 0.6 is 0 Å². The van der Waals surface area contributed by atoms with Gasteiger partial charge >= 0.3 is 0 Å². The fourth-order valence-corrected chi connectivity index (χ4v) is 3.11. The van der Waals surface area contributed by atoms with Crippen molar-refractivity contribution in [1.82, 2.24) is 4.98 Å². The Morgan fingerprint density at radius 1 is 1.00 bits per heavy atom. The highest BCUT2D eigenvalue weighted by Crippen LogP contribution is 2.25. The molecule has 0 radical (unpaired) electrons. The van der Waals surface area contributed by atoms with E-state index >= 15 is 0 Å². The number of aromatic amines is 1. The van der Waals surface area contributed by atoms with Gasteiger partial charge in [0.2, 0.25) is 0 Å². The zero-order valence-electron chi connectivity index (χ0n) is 10.6. The van der Waals surface area contributed by atoms with Crippen LogP contribution in [0, 0.1) is 11.6 Å². The molecule has 0 atom stereocenters. The van der Waals surface area contributed by atoms with Gasteiger partial charge in [0.25, 0.3) is 10.0 Å². The second-order valence-corrected chi connectivity index (χ2v) is 6.11. The molecule has 2 aromatic carbocycles. The monoisotopic (exact) mass is 308 g/mol. The average molecular weight is 308 g/mol. The number of nitrogens with one attached hydrogen (secondary N) is 2. The fraction of sp³-hybridized carbons (Fsp3) is 0. The zero-order chi connectivity index (χ0) is 15.0. The Morgan fingerprint density at radius 2 is 1.81 bits per heavy atom. The van der Waals surface area contributed by atoms with Gasteiger partial charge < -0.3 is 4.98 Å². The van der Waals surface area contributed by atoms with Gasteiger partial charge in [-0.1, -0.05) is 6.07 Å². The summed E-state index contributed by atoms with van der Waals surface area (Å²) in [6, 6.07) is 9.23. The molecule has 0 bridgehead atoms. The predicted octanol–water partition coefficient (Wildman–Crippen LogP) is 3.25. The van der Waals surface area contributed by atoms with Crippen LogP contribution in [-0.4, -0.2) is 13.4 Å². The van der Waals surface area contributed by atoms with Crippen molar-refractivity contribution in [1.29, 1.82) is 0 Å². The number of hydrogen-bond donors (Lipinski definition) is 2. The second-order valence-electron chi connectivity index (χ2n) is 4.43. The summed E-state index contributed by atoms with van der Waals surface area (Å²) in [5.41, 5.74) is 1.12. The molecule has 108 valence electrons. The molecule has 0 aliphatic heterocycles. The SMILES string of the molecule is O=S(=O)(Nc1cccc2[nH]ccc12)c1ccc(F)c(F)c1. The van der Waals surface area contributed by atoms with Crippen molar-refractivity contribution >= 4 is 26.6 Å². The summed E-state index contributed by atoms with van der Waals surface area (Å²) in [6.07, 6.45) is 1.68. The van der Waals surface area contributed by atoms with Crippen LogP contribution in [0.2, 0.25) is 0 Å². The van der Waals surface area contributed by atoms with Crippen molar-refractivity contribution in [2.75, 3.05) is 4.72 Å². The Bertz CT molecular complexity index is 920. The van der Waals surface area contributed by atoms with Crippen molar-refractivity contribution in [2.45, 2.75) is 4.90 Å². The Hall–Kier alpha value is -2.41. The molecule has 7 heteroatoms. The van der Waals surface area contributed by atoms with Crippen molar-refractivity contribution in [2.24, 2.45) is 0 Å². The summed E-state index contributed by atoms with van der Waals surface area (Å²) >= 11 is 0. The van der Waals surface area contributed by atoms with E-state index in [1.807, 2.05) is 0 Å². The Kier molecular flexibility index (Phi) is 3.13. The van der Waals surface area contributed by atoms with Gasteiger partial charge in [-0.3, -0.25) is 4.72 Å². The quantitative estimate of drug-likeness (QED) is 0.780. The van der Waals surface area contributed by atoms with E-state index in [9.17, 15) is 17.2 Å². The van der Waals surface area contributed by atoms with Crippen LogP contribution in [0.3, 0.4) is 0 Å². The Morgan fingerprint density at radius 3 is 2.57 bits per heavy atom. The molecule has 0 amide bonds. The van der Waals surface area contributed by atoms with Gasteiger partial charge in [-0.2, -0.15) is 0 Å². The highest BCUT2D eigenvalue weighted by atomic mass is 32.2. The molecule has 0 fully saturated rings. The van der Waals surface area contributed by atoms with E-state index in [0.29, 0.717) is 17.1 Å². The van der Waals surface area contributed by atoms with Crippen molar-refractivity contribution in [3.8, 4) is 0 Å². The van der Waals surface area contributed by atoms with E-state index in [4.69, 9.17) is 0 Å². The first kappa shape index (κ1) is 13.6. The van der Waals surface area contributed by atoms with Crippen LogP contribution in [0.25, 0.3) is 10.9 Å². The van der Waals surface area contributed by atoms with Gasteiger partial charge in [0.05, 0.1) is 10.6 Å². The zero-order valence-corrected chi connectivity index (χ0v) is 11.4. The van der Waals surface area contributed by atoms with Crippen LogP contribution in [0.15, 0.2) is 53.6 Å². The van der Waals surface area contributed by atoms with Gasteiger partial charge in [0.1, 0.15) is 0 Å². The Balaban J connectivity index is 2.03. The van der Waals surface area contributed by atoms with Crippen molar-refractivity contribution in [3.63, 3.8) is 0 Å². The number of hydrogen-bond acceptors (Lipinski definition) is 2. The van der Waals surface area contributed by atoms with E-state index < -0.39 is 21.7 Å². The minimum absolute atomic E-state index is 0.339. The van der Waals surface area contributed by atoms with Gasteiger partial charge in [0, 0.05) is 17.1 Å². The Labute approximate surface area is 119 Å². The molecule has 0 aliphatic rings. The van der Waals surface area contributed by atoms with Gasteiger partial charge in [-0.25, -0.2) is 17.2 Å². The molecule has 3 aromatic rings. The second kappa shape index (κ2) is 4.85. The number of halogens is 2. The molecule has 0 spiro atoms. The molecule has 0 aliphatic carbocycles. The predicted molar refractivity (Wildman–Crippen MR) is 75.5 cm³/mol. The largest absolute Gasteiger partial charge is 0.361 e. The van der Waals surface area contributed by atoms with Gasteiger partial charge in [0.15, 0.2) is 11.6 Å². The van der Waals surface area contributed by atoms with Crippen LogP contribution in [-0.2, 0) is 10.0 Å². The summed E-state index contributed by atoms with van der Waals surface area (Å²) in [7, 11) is -3.99. The van der Waals surface area contributed by atoms with E-state index in [1.165, 1.54) is 0 Å². The number of anilines is 1. The maximum Gasteiger partial charge on any atom is 0.262 e. The maximum atomic E-state index is 13.2. The molecule has 21 heavy (non-hydrogen) atoms. The lowest BCUT2D eigenvalue weighted by atomic mass is 10.2. The third kappa shape index (κ3) is 2.47. The van der Waals surface area contributed by atoms with E-state index in [-0.39, 0.29) is 4.90 Å². The lowest BCUT2D eigenvalue weighted by Gasteiger charge is -2.09. The molecule has 1 heterocycles. The summed E-state index contributed by atoms with van der Waals surface area (Å²) in [4.78, 5) is 2.62. The number of rotatable bonds is 3. The molecule has 2 N–H and O–H groups in total. The summed E-state index contributed by atoms with van der Waals surface area (Å²) < 4.78 is 52.9. The molecule has 1 aromatic heterocycles. The smallest absolute Gasteiger partial charge is 0.262 e. The van der Waals surface area contributed by atoms with Crippen LogP contribution < -0.4 is 4.72 Å². The number of sulfonamides is 1. The van der Waals surface area contributed by atoms with Crippen LogP contribution in [0.1, 0.15) is 0 Å². The third-order valence-corrected chi connectivity index (χ3v) is 4.40. The van der Waals surface area contributed by atoms with E-state index in [0.717, 1.165) is 17.6 Å². The highest BCUT2D eigenvalue weighted by Gasteiger charge is 2.17. The van der Waals surface area contributed by atoms with Gasteiger partial charge in [-0.05, 0) is 36.4 Å². The van der Waals surface area contributed by atoms with E-state index in [1.54, 1.807) is 30.5 Å². The maximum absolute atomic E-state index is 13.2. The minimum atomic E-state index is -3.99. The standard InChI is InChI=1S/C14H10F2N2O2S/c15-11-5-4-9(8-12(11)16)21(19,20)18-14-3-1-2-13-10(14)6-7-17-13/h1-8,17-18H. The molecule has 0 saturated heterocycles. The molecular weight excluding hydrogens is 298 g/mol. The average Bonchev–Trinajstić information content (AvgIpc) is 2.91. The number of aromatic nitrogens is 1. The highest BCUT2D eigenvalue weighted by molar-refractivity contribution is 7.92. The van der Waals surface area contributed by atoms with E-state index in [2.05, 4.69) is 9.71 Å². The molecule has 3 rings (SSSR count). The van der Waals surface area contributed by atoms with Gasteiger partial charge in [-0.15, -0.1) is 0 Å². The molecular formula is C14H10F2N2O2S. The third-order valence-electron chi connectivity index (χ3n) is 3.04. The normalized spacial score (nSPS) is 11.7. The minimum Gasteiger partial charge on any atom is -0.361 e. The number of fused-ring (bicyclic) bond motifs is 1. The topological polar surface area (TPSA) is 62.0 Å². The number of benzene rings is 2. The van der Waals surface area contributed by atoms with Crippen molar-refractivity contribution < 1.29 is 17.2 Å².